The molecule has 1 amide bonds. The predicted molar refractivity (Wildman–Crippen MR) is 69.3 cm³/mol. The van der Waals surface area contributed by atoms with Gasteiger partial charge in [0.25, 0.3) is 11.6 Å². The van der Waals surface area contributed by atoms with Gasteiger partial charge in [-0.25, -0.2) is 0 Å². The molecule has 1 heterocycles. The molecular formula is C12H15N3O4. The Morgan fingerprint density at radius 1 is 1.58 bits per heavy atom. The molecule has 1 aliphatic rings. The smallest absolute Gasteiger partial charge is 0.292 e. The molecule has 1 aliphatic heterocycles. The van der Waals surface area contributed by atoms with Crippen molar-refractivity contribution in [3.05, 3.63) is 33.9 Å². The molecule has 0 saturated carbocycles. The van der Waals surface area contributed by atoms with E-state index in [1.165, 1.54) is 18.2 Å². The molecule has 0 aliphatic carbocycles. The molecule has 102 valence electrons. The Balaban J connectivity index is 2.33. The van der Waals surface area contributed by atoms with Crippen LogP contribution in [0.25, 0.3) is 0 Å². The molecule has 0 bridgehead atoms. The van der Waals surface area contributed by atoms with Crippen LogP contribution in [-0.4, -0.2) is 41.7 Å². The third-order valence-corrected chi connectivity index (χ3v) is 2.97. The van der Waals surface area contributed by atoms with Crippen molar-refractivity contribution in [2.45, 2.75) is 13.0 Å². The standard InChI is InChI=1S/C12H15N3O4/c1-2-13-12(17)8-3-4-10(15(18)19)11(5-8)14-6-9(16)7-14/h3-5,9,16H,2,6-7H2,1H3,(H,13,17). The van der Waals surface area contributed by atoms with E-state index < -0.39 is 11.0 Å². The molecular weight excluding hydrogens is 250 g/mol. The fourth-order valence-electron chi connectivity index (χ4n) is 1.99. The average molecular weight is 265 g/mol. The number of β-amino-alcohol motifs (C(OH)–C–C–N with tert-alkyl or cyclic N) is 1. The molecule has 0 unspecified atom stereocenters. The summed E-state index contributed by atoms with van der Waals surface area (Å²) in [7, 11) is 0. The van der Waals surface area contributed by atoms with E-state index in [-0.39, 0.29) is 11.6 Å². The average Bonchev–Trinajstić information content (AvgIpc) is 2.34. The van der Waals surface area contributed by atoms with Gasteiger partial charge in [0.1, 0.15) is 5.69 Å². The molecule has 1 aromatic rings. The van der Waals surface area contributed by atoms with Crippen LogP contribution in [0.1, 0.15) is 17.3 Å². The van der Waals surface area contributed by atoms with Gasteiger partial charge in [0, 0.05) is 31.3 Å². The van der Waals surface area contributed by atoms with Crippen LogP contribution in [0.15, 0.2) is 18.2 Å². The van der Waals surface area contributed by atoms with E-state index in [0.717, 1.165) is 0 Å². The Labute approximate surface area is 110 Å². The largest absolute Gasteiger partial charge is 0.389 e. The van der Waals surface area contributed by atoms with Gasteiger partial charge in [-0.1, -0.05) is 0 Å². The number of carbonyl (C=O) groups is 1. The summed E-state index contributed by atoms with van der Waals surface area (Å²) in [6, 6.07) is 4.25. The van der Waals surface area contributed by atoms with Gasteiger partial charge in [-0.15, -0.1) is 0 Å². The van der Waals surface area contributed by atoms with Crippen LogP contribution in [0.3, 0.4) is 0 Å². The number of nitro benzene ring substituents is 1. The molecule has 1 saturated heterocycles. The van der Waals surface area contributed by atoms with Crippen molar-refractivity contribution in [1.29, 1.82) is 0 Å². The van der Waals surface area contributed by atoms with Gasteiger partial charge >= 0.3 is 0 Å². The number of nitrogens with zero attached hydrogens (tertiary/aromatic N) is 2. The van der Waals surface area contributed by atoms with E-state index in [1.54, 1.807) is 11.8 Å². The third kappa shape index (κ3) is 2.65. The van der Waals surface area contributed by atoms with Crippen molar-refractivity contribution < 1.29 is 14.8 Å². The monoisotopic (exact) mass is 265 g/mol. The molecule has 2 N–H and O–H groups in total. The Bertz CT molecular complexity index is 512. The SMILES string of the molecule is CCNC(=O)c1ccc([N+](=O)[O-])c(N2CC(O)C2)c1. The van der Waals surface area contributed by atoms with Gasteiger partial charge < -0.3 is 15.3 Å². The van der Waals surface area contributed by atoms with Crippen LogP contribution in [0.4, 0.5) is 11.4 Å². The number of anilines is 1. The molecule has 1 fully saturated rings. The topological polar surface area (TPSA) is 95.7 Å². The summed E-state index contributed by atoms with van der Waals surface area (Å²) < 4.78 is 0. The van der Waals surface area contributed by atoms with Crippen LogP contribution >= 0.6 is 0 Å². The minimum Gasteiger partial charge on any atom is -0.389 e. The molecule has 0 radical (unpaired) electrons. The molecule has 2 rings (SSSR count). The molecule has 0 aromatic heterocycles. The van der Waals surface area contributed by atoms with E-state index in [2.05, 4.69) is 5.32 Å². The Morgan fingerprint density at radius 3 is 2.79 bits per heavy atom. The van der Waals surface area contributed by atoms with Gasteiger partial charge in [0.15, 0.2) is 0 Å². The Morgan fingerprint density at radius 2 is 2.26 bits per heavy atom. The van der Waals surface area contributed by atoms with Crippen molar-refractivity contribution in [2.75, 3.05) is 24.5 Å². The highest BCUT2D eigenvalue weighted by atomic mass is 16.6. The zero-order chi connectivity index (χ0) is 14.0. The van der Waals surface area contributed by atoms with Gasteiger partial charge in [0.05, 0.1) is 11.0 Å². The highest BCUT2D eigenvalue weighted by Crippen LogP contribution is 2.32. The summed E-state index contributed by atoms with van der Waals surface area (Å²) in [6.45, 7) is 2.99. The minimum atomic E-state index is -0.485. The summed E-state index contributed by atoms with van der Waals surface area (Å²) in [4.78, 5) is 23.9. The summed E-state index contributed by atoms with van der Waals surface area (Å²) >= 11 is 0. The first kappa shape index (κ1) is 13.3. The summed E-state index contributed by atoms with van der Waals surface area (Å²) in [5.41, 5.74) is 0.697. The number of nitro groups is 1. The fourth-order valence-corrected chi connectivity index (χ4v) is 1.99. The van der Waals surface area contributed by atoms with Gasteiger partial charge in [-0.2, -0.15) is 0 Å². The molecule has 19 heavy (non-hydrogen) atoms. The Kier molecular flexibility index (Phi) is 3.66. The second kappa shape index (κ2) is 5.23. The molecule has 7 nitrogen and oxygen atoms in total. The van der Waals surface area contributed by atoms with Crippen molar-refractivity contribution in [3.8, 4) is 0 Å². The number of amides is 1. The Hall–Kier alpha value is -2.15. The van der Waals surface area contributed by atoms with Gasteiger partial charge in [-0.05, 0) is 19.1 Å². The number of nitrogens with one attached hydrogen (secondary N) is 1. The van der Waals surface area contributed by atoms with E-state index in [4.69, 9.17) is 0 Å². The second-order valence-corrected chi connectivity index (χ2v) is 4.38. The van der Waals surface area contributed by atoms with E-state index in [0.29, 0.717) is 30.9 Å². The number of hydrogen-bond acceptors (Lipinski definition) is 5. The normalized spacial score (nSPS) is 14.9. The number of benzene rings is 1. The van der Waals surface area contributed by atoms with Crippen LogP contribution < -0.4 is 10.2 Å². The molecule has 0 spiro atoms. The van der Waals surface area contributed by atoms with E-state index in [9.17, 15) is 20.0 Å². The number of aliphatic hydroxyl groups excluding tert-OH is 1. The lowest BCUT2D eigenvalue weighted by Gasteiger charge is -2.37. The summed E-state index contributed by atoms with van der Waals surface area (Å²) in [5, 5.41) is 22.9. The van der Waals surface area contributed by atoms with Crippen LogP contribution in [0.2, 0.25) is 0 Å². The highest BCUT2D eigenvalue weighted by molar-refractivity contribution is 5.96. The van der Waals surface area contributed by atoms with Crippen molar-refractivity contribution in [2.24, 2.45) is 0 Å². The quantitative estimate of drug-likeness (QED) is 0.611. The lowest BCUT2D eigenvalue weighted by Crippen LogP contribution is -2.51. The second-order valence-electron chi connectivity index (χ2n) is 4.38. The fraction of sp³-hybridized carbons (Fsp3) is 0.417. The van der Waals surface area contributed by atoms with E-state index in [1.807, 2.05) is 0 Å². The maximum Gasteiger partial charge on any atom is 0.292 e. The third-order valence-electron chi connectivity index (χ3n) is 2.97. The summed E-state index contributed by atoms with van der Waals surface area (Å²) in [6.07, 6.45) is -0.465. The first-order valence-electron chi connectivity index (χ1n) is 6.02. The van der Waals surface area contributed by atoms with Crippen LogP contribution in [0.5, 0.6) is 0 Å². The number of aliphatic hydroxyl groups is 1. The van der Waals surface area contributed by atoms with Gasteiger partial charge in [-0.3, -0.25) is 14.9 Å². The summed E-state index contributed by atoms with van der Waals surface area (Å²) in [5.74, 6) is -0.264. The number of carbonyl (C=O) groups excluding carboxylic acids is 1. The molecule has 7 heteroatoms. The number of rotatable bonds is 4. The van der Waals surface area contributed by atoms with Crippen LogP contribution in [0, 0.1) is 10.1 Å². The maximum atomic E-state index is 11.7. The minimum absolute atomic E-state index is 0.0556. The number of hydrogen-bond donors (Lipinski definition) is 2. The first-order valence-corrected chi connectivity index (χ1v) is 6.02. The zero-order valence-corrected chi connectivity index (χ0v) is 10.5. The highest BCUT2D eigenvalue weighted by Gasteiger charge is 2.30. The molecule has 1 aromatic carbocycles. The van der Waals surface area contributed by atoms with E-state index >= 15 is 0 Å². The van der Waals surface area contributed by atoms with Crippen LogP contribution in [-0.2, 0) is 0 Å². The lowest BCUT2D eigenvalue weighted by molar-refractivity contribution is -0.384. The lowest BCUT2D eigenvalue weighted by atomic mass is 10.1. The van der Waals surface area contributed by atoms with Crippen molar-refractivity contribution in [1.82, 2.24) is 5.32 Å². The maximum absolute atomic E-state index is 11.7. The first-order chi connectivity index (χ1) is 9.02. The molecule has 0 atom stereocenters. The van der Waals surface area contributed by atoms with Gasteiger partial charge in [0.2, 0.25) is 0 Å². The van der Waals surface area contributed by atoms with Crippen molar-refractivity contribution >= 4 is 17.3 Å². The van der Waals surface area contributed by atoms with Crippen molar-refractivity contribution in [3.63, 3.8) is 0 Å². The zero-order valence-electron chi connectivity index (χ0n) is 10.5. The predicted octanol–water partition coefficient (Wildman–Crippen LogP) is 0.525.